The lowest BCUT2D eigenvalue weighted by Crippen LogP contribution is -2.46. The molecule has 1 fully saturated rings. The van der Waals surface area contributed by atoms with Gasteiger partial charge in [-0.15, -0.1) is 10.2 Å². The van der Waals surface area contributed by atoms with Gasteiger partial charge in [-0.1, -0.05) is 48.5 Å². The van der Waals surface area contributed by atoms with Crippen molar-refractivity contribution in [2.45, 2.75) is 38.5 Å². The van der Waals surface area contributed by atoms with Crippen molar-refractivity contribution in [3.05, 3.63) is 63.9 Å². The van der Waals surface area contributed by atoms with Gasteiger partial charge in [-0.25, -0.2) is 4.57 Å². The largest absolute Gasteiger partial charge is 0.375 e. The average molecular weight is 478 g/mol. The Morgan fingerprint density at radius 1 is 1.18 bits per heavy atom. The lowest BCUT2D eigenvalue weighted by Gasteiger charge is -2.32. The number of carbonyl (C=O) groups excluding carboxylic acids is 1. The summed E-state index contributed by atoms with van der Waals surface area (Å²) in [6.07, 6.45) is 0.973. The van der Waals surface area contributed by atoms with Gasteiger partial charge in [0.1, 0.15) is 0 Å². The van der Waals surface area contributed by atoms with Crippen molar-refractivity contribution in [1.82, 2.24) is 24.1 Å². The maximum absolute atomic E-state index is 13.5. The smallest absolute Gasteiger partial charge is 0.267 e. The molecule has 0 spiro atoms. The molecule has 1 unspecified atom stereocenters. The van der Waals surface area contributed by atoms with Crippen molar-refractivity contribution in [3.63, 3.8) is 0 Å². The van der Waals surface area contributed by atoms with Crippen LogP contribution in [0.25, 0.3) is 22.4 Å². The lowest BCUT2D eigenvalue weighted by molar-refractivity contribution is -0.135. The molecular formula is C25H27N5O3S. The third-order valence-electron chi connectivity index (χ3n) is 6.26. The first-order chi connectivity index (χ1) is 16.5. The topological polar surface area (TPSA) is 81.7 Å². The molecule has 1 aliphatic heterocycles. The number of carbonyl (C=O) groups is 1. The number of nitrogens with zero attached hydrogens (tertiary/aromatic N) is 5. The highest BCUT2D eigenvalue weighted by atomic mass is 32.2. The number of ether oxygens (including phenoxy) is 1. The van der Waals surface area contributed by atoms with E-state index in [1.807, 2.05) is 65.6 Å². The number of aryl methyl sites for hydroxylation is 2. The third kappa shape index (κ3) is 3.99. The zero-order valence-electron chi connectivity index (χ0n) is 19.5. The minimum Gasteiger partial charge on any atom is -0.375 e. The number of para-hydroxylation sites is 1. The van der Waals surface area contributed by atoms with E-state index in [1.54, 1.807) is 4.57 Å². The fraction of sp³-hybridized carbons (Fsp3) is 0.360. The van der Waals surface area contributed by atoms with Crippen molar-refractivity contribution < 1.29 is 9.53 Å². The van der Waals surface area contributed by atoms with Gasteiger partial charge in [-0.05, 0) is 44.0 Å². The average Bonchev–Trinajstić information content (AvgIpc) is 3.27. The van der Waals surface area contributed by atoms with E-state index in [9.17, 15) is 9.59 Å². The second-order valence-electron chi connectivity index (χ2n) is 8.60. The standard InChI is InChI=1S/C25H27N5O3S/c1-4-18-14-28(11-12-33-18)22(31)15-34-25-27-26-24-29(20-10-9-16(2)13-17(20)3)23(32)19-7-5-6-8-21(19)30(24)25/h5-10,13,18H,4,11-12,14-15H2,1-3H3. The van der Waals surface area contributed by atoms with Crippen LogP contribution in [0.1, 0.15) is 24.5 Å². The lowest BCUT2D eigenvalue weighted by atomic mass is 10.1. The quantitative estimate of drug-likeness (QED) is 0.410. The summed E-state index contributed by atoms with van der Waals surface area (Å²) >= 11 is 1.34. The Labute approximate surface area is 201 Å². The molecule has 0 saturated carbocycles. The third-order valence-corrected chi connectivity index (χ3v) is 7.17. The zero-order valence-corrected chi connectivity index (χ0v) is 20.3. The number of fused-ring (bicyclic) bond motifs is 3. The Kier molecular flexibility index (Phi) is 6.14. The van der Waals surface area contributed by atoms with Gasteiger partial charge < -0.3 is 9.64 Å². The number of hydrogen-bond acceptors (Lipinski definition) is 6. The summed E-state index contributed by atoms with van der Waals surface area (Å²) in [4.78, 5) is 28.3. The fourth-order valence-electron chi connectivity index (χ4n) is 4.46. The number of hydrogen-bond donors (Lipinski definition) is 0. The van der Waals surface area contributed by atoms with Gasteiger partial charge in [0.25, 0.3) is 5.56 Å². The first-order valence-corrected chi connectivity index (χ1v) is 12.4. The summed E-state index contributed by atoms with van der Waals surface area (Å²) in [7, 11) is 0. The van der Waals surface area contributed by atoms with E-state index in [1.165, 1.54) is 11.8 Å². The molecule has 0 N–H and O–H groups in total. The van der Waals surface area contributed by atoms with Crippen molar-refractivity contribution in [2.75, 3.05) is 25.4 Å². The van der Waals surface area contributed by atoms with Crippen LogP contribution in [0.3, 0.4) is 0 Å². The van der Waals surface area contributed by atoms with Gasteiger partial charge in [0.15, 0.2) is 5.16 Å². The van der Waals surface area contributed by atoms with E-state index in [-0.39, 0.29) is 23.3 Å². The summed E-state index contributed by atoms with van der Waals surface area (Å²) in [5, 5.41) is 9.94. The highest BCUT2D eigenvalue weighted by Crippen LogP contribution is 2.25. The molecule has 0 radical (unpaired) electrons. The summed E-state index contributed by atoms with van der Waals surface area (Å²) in [5.41, 5.74) is 3.44. The van der Waals surface area contributed by atoms with E-state index < -0.39 is 0 Å². The minimum atomic E-state index is -0.144. The van der Waals surface area contributed by atoms with E-state index in [2.05, 4.69) is 17.1 Å². The maximum atomic E-state index is 13.5. The first-order valence-electron chi connectivity index (χ1n) is 11.5. The summed E-state index contributed by atoms with van der Waals surface area (Å²) in [6, 6.07) is 13.4. The molecule has 3 heterocycles. The van der Waals surface area contributed by atoms with Crippen LogP contribution in [-0.4, -0.2) is 61.5 Å². The van der Waals surface area contributed by atoms with Gasteiger partial charge in [0.05, 0.1) is 35.1 Å². The van der Waals surface area contributed by atoms with Gasteiger partial charge in [-0.3, -0.25) is 14.0 Å². The Morgan fingerprint density at radius 3 is 2.79 bits per heavy atom. The molecule has 1 atom stereocenters. The molecule has 0 aliphatic carbocycles. The van der Waals surface area contributed by atoms with Crippen LogP contribution >= 0.6 is 11.8 Å². The Balaban J connectivity index is 1.56. The molecule has 8 nitrogen and oxygen atoms in total. The number of rotatable bonds is 5. The van der Waals surface area contributed by atoms with Crippen LogP contribution in [0.4, 0.5) is 0 Å². The van der Waals surface area contributed by atoms with Crippen molar-refractivity contribution >= 4 is 34.3 Å². The van der Waals surface area contributed by atoms with Crippen LogP contribution < -0.4 is 5.56 Å². The van der Waals surface area contributed by atoms with Crippen LogP contribution in [-0.2, 0) is 9.53 Å². The molecule has 2 aromatic carbocycles. The van der Waals surface area contributed by atoms with Crippen molar-refractivity contribution in [1.29, 1.82) is 0 Å². The van der Waals surface area contributed by atoms with Gasteiger partial charge in [-0.2, -0.15) is 0 Å². The Morgan fingerprint density at radius 2 is 2.00 bits per heavy atom. The van der Waals surface area contributed by atoms with E-state index in [4.69, 9.17) is 4.74 Å². The second-order valence-corrected chi connectivity index (χ2v) is 9.54. The van der Waals surface area contributed by atoms with Crippen LogP contribution in [0, 0.1) is 13.8 Å². The first kappa shape index (κ1) is 22.6. The minimum absolute atomic E-state index is 0.0514. The molecule has 0 bridgehead atoms. The number of thioether (sulfide) groups is 1. The molecule has 1 aliphatic rings. The molecule has 4 aromatic rings. The molecule has 5 rings (SSSR count). The summed E-state index contributed by atoms with van der Waals surface area (Å²) in [5.74, 6) is 0.729. The number of aromatic nitrogens is 4. The normalized spacial score (nSPS) is 16.4. The van der Waals surface area contributed by atoms with Gasteiger partial charge >= 0.3 is 0 Å². The number of amides is 1. The highest BCUT2D eigenvalue weighted by molar-refractivity contribution is 7.99. The maximum Gasteiger partial charge on any atom is 0.267 e. The van der Waals surface area contributed by atoms with Crippen molar-refractivity contribution in [2.24, 2.45) is 0 Å². The summed E-state index contributed by atoms with van der Waals surface area (Å²) in [6.45, 7) is 7.86. The molecule has 1 amide bonds. The van der Waals surface area contributed by atoms with Crippen LogP contribution in [0.5, 0.6) is 0 Å². The SMILES string of the molecule is CCC1CN(C(=O)CSc2nnc3n(-c4ccc(C)cc4C)c(=O)c4ccccc4n23)CCO1. The molecule has 176 valence electrons. The molecule has 2 aromatic heterocycles. The molecule has 34 heavy (non-hydrogen) atoms. The Bertz CT molecular complexity index is 1440. The van der Waals surface area contributed by atoms with Gasteiger partial charge in [0, 0.05) is 13.1 Å². The number of morpholine rings is 1. The van der Waals surface area contributed by atoms with E-state index >= 15 is 0 Å². The predicted molar refractivity (Wildman–Crippen MR) is 133 cm³/mol. The molecular weight excluding hydrogens is 450 g/mol. The number of benzene rings is 2. The Hall–Kier alpha value is -3.17. The fourth-order valence-corrected chi connectivity index (χ4v) is 5.30. The summed E-state index contributed by atoms with van der Waals surface area (Å²) < 4.78 is 9.18. The van der Waals surface area contributed by atoms with E-state index in [0.717, 1.165) is 28.8 Å². The molecule has 1 saturated heterocycles. The van der Waals surface area contributed by atoms with Gasteiger partial charge in [0.2, 0.25) is 11.7 Å². The van der Waals surface area contributed by atoms with Crippen molar-refractivity contribution in [3.8, 4) is 5.69 Å². The van der Waals surface area contributed by atoms with Crippen LogP contribution in [0.2, 0.25) is 0 Å². The van der Waals surface area contributed by atoms with Crippen LogP contribution in [0.15, 0.2) is 52.4 Å². The second kappa shape index (κ2) is 9.23. The monoisotopic (exact) mass is 477 g/mol. The zero-order chi connectivity index (χ0) is 23.8. The van der Waals surface area contributed by atoms with E-state index in [0.29, 0.717) is 36.0 Å². The molecule has 9 heteroatoms. The highest BCUT2D eigenvalue weighted by Gasteiger charge is 2.24. The predicted octanol–water partition coefficient (Wildman–Crippen LogP) is 3.38.